The van der Waals surface area contributed by atoms with Crippen LogP contribution in [-0.4, -0.2) is 15.5 Å². The first-order chi connectivity index (χ1) is 12.8. The number of fused-ring (bicyclic) bond motifs is 1. The molecule has 27 heavy (non-hydrogen) atoms. The molecule has 2 heterocycles. The number of hydrogen-bond acceptors (Lipinski definition) is 4. The largest absolute Gasteiger partial charge is 0.370 e. The summed E-state index contributed by atoms with van der Waals surface area (Å²) in [4.78, 5) is 30.8. The van der Waals surface area contributed by atoms with Crippen molar-refractivity contribution < 1.29 is 4.79 Å². The predicted octanol–water partition coefficient (Wildman–Crippen LogP) is 4.24. The highest BCUT2D eigenvalue weighted by molar-refractivity contribution is 7.18. The summed E-state index contributed by atoms with van der Waals surface area (Å²) in [5.41, 5.74) is 6.93. The first-order valence-corrected chi connectivity index (χ1v) is 10.1. The molecule has 0 fully saturated rings. The summed E-state index contributed by atoms with van der Waals surface area (Å²) in [6.45, 7) is 4.29. The fourth-order valence-electron chi connectivity index (χ4n) is 2.98. The SMILES string of the molecule is Cc1sc2nc(Cc3ccc(Cl)cc3Cl)n(CCCC(N)=O)c(=O)c2c1C. The number of benzene rings is 1. The van der Waals surface area contributed by atoms with Gasteiger partial charge in [-0.25, -0.2) is 4.98 Å². The number of halogens is 2. The van der Waals surface area contributed by atoms with Crippen molar-refractivity contribution in [3.8, 4) is 0 Å². The maximum Gasteiger partial charge on any atom is 0.262 e. The monoisotopic (exact) mass is 423 g/mol. The standard InChI is InChI=1S/C19H19Cl2N3O2S/c1-10-11(2)27-18-17(10)19(26)24(7-3-4-15(22)25)16(23-18)8-12-5-6-13(20)9-14(12)21/h5-6,9H,3-4,7-8H2,1-2H3,(H2,22,25). The summed E-state index contributed by atoms with van der Waals surface area (Å²) in [5, 5.41) is 1.72. The van der Waals surface area contributed by atoms with E-state index >= 15 is 0 Å². The van der Waals surface area contributed by atoms with Gasteiger partial charge in [0.25, 0.3) is 5.56 Å². The van der Waals surface area contributed by atoms with Crippen molar-refractivity contribution >= 4 is 50.7 Å². The smallest absolute Gasteiger partial charge is 0.262 e. The molecule has 0 aliphatic carbocycles. The Kier molecular flexibility index (Phi) is 5.89. The molecule has 1 aromatic carbocycles. The number of aromatic nitrogens is 2. The second-order valence-corrected chi connectivity index (χ2v) is 8.48. The minimum absolute atomic E-state index is 0.0913. The highest BCUT2D eigenvalue weighted by atomic mass is 35.5. The molecule has 5 nitrogen and oxygen atoms in total. The van der Waals surface area contributed by atoms with Crippen LogP contribution in [0.25, 0.3) is 10.2 Å². The topological polar surface area (TPSA) is 78.0 Å². The molecule has 2 aromatic heterocycles. The number of primary amides is 1. The van der Waals surface area contributed by atoms with Gasteiger partial charge in [0, 0.05) is 34.3 Å². The van der Waals surface area contributed by atoms with Crippen molar-refractivity contribution in [3.63, 3.8) is 0 Å². The van der Waals surface area contributed by atoms with Crippen LogP contribution in [0.2, 0.25) is 10.0 Å². The van der Waals surface area contributed by atoms with Crippen LogP contribution in [0.15, 0.2) is 23.0 Å². The fourth-order valence-corrected chi connectivity index (χ4v) is 4.50. The van der Waals surface area contributed by atoms with E-state index in [0.717, 1.165) is 20.8 Å². The van der Waals surface area contributed by atoms with E-state index in [-0.39, 0.29) is 17.9 Å². The fraction of sp³-hybridized carbons (Fsp3) is 0.316. The summed E-state index contributed by atoms with van der Waals surface area (Å²) in [6, 6.07) is 5.27. The van der Waals surface area contributed by atoms with Gasteiger partial charge in [-0.2, -0.15) is 0 Å². The highest BCUT2D eigenvalue weighted by Crippen LogP contribution is 2.28. The molecule has 0 aliphatic heterocycles. The minimum Gasteiger partial charge on any atom is -0.370 e. The van der Waals surface area contributed by atoms with E-state index in [1.165, 1.54) is 11.3 Å². The lowest BCUT2D eigenvalue weighted by molar-refractivity contribution is -0.118. The zero-order valence-corrected chi connectivity index (χ0v) is 17.3. The Hall–Kier alpha value is -1.89. The Morgan fingerprint density at radius 1 is 1.30 bits per heavy atom. The summed E-state index contributed by atoms with van der Waals surface area (Å²) in [5.74, 6) is 0.226. The zero-order chi connectivity index (χ0) is 19.7. The van der Waals surface area contributed by atoms with Crippen molar-refractivity contribution in [3.05, 3.63) is 60.4 Å². The van der Waals surface area contributed by atoms with Gasteiger partial charge in [0.2, 0.25) is 5.91 Å². The van der Waals surface area contributed by atoms with Crippen LogP contribution >= 0.6 is 34.5 Å². The Labute approximate surface area is 170 Å². The van der Waals surface area contributed by atoms with Crippen molar-refractivity contribution in [2.24, 2.45) is 5.73 Å². The average molecular weight is 424 g/mol. The van der Waals surface area contributed by atoms with Gasteiger partial charge >= 0.3 is 0 Å². The molecule has 0 radical (unpaired) electrons. The molecule has 0 spiro atoms. The third kappa shape index (κ3) is 4.18. The second-order valence-electron chi connectivity index (χ2n) is 6.43. The summed E-state index contributed by atoms with van der Waals surface area (Å²) in [6.07, 6.45) is 1.09. The quantitative estimate of drug-likeness (QED) is 0.643. The van der Waals surface area contributed by atoms with E-state index in [4.69, 9.17) is 33.9 Å². The number of nitrogens with two attached hydrogens (primary N) is 1. The number of nitrogens with zero attached hydrogens (tertiary/aromatic N) is 2. The van der Waals surface area contributed by atoms with Gasteiger partial charge in [-0.3, -0.25) is 14.2 Å². The van der Waals surface area contributed by atoms with Gasteiger partial charge in [-0.05, 0) is 43.5 Å². The number of thiophene rings is 1. The Morgan fingerprint density at radius 2 is 2.04 bits per heavy atom. The van der Waals surface area contributed by atoms with E-state index in [2.05, 4.69) is 0 Å². The molecular weight excluding hydrogens is 405 g/mol. The van der Waals surface area contributed by atoms with Gasteiger partial charge in [0.15, 0.2) is 0 Å². The van der Waals surface area contributed by atoms with Crippen LogP contribution in [0.5, 0.6) is 0 Å². The first-order valence-electron chi connectivity index (χ1n) is 8.49. The van der Waals surface area contributed by atoms with Crippen LogP contribution < -0.4 is 11.3 Å². The van der Waals surface area contributed by atoms with Gasteiger partial charge in [-0.15, -0.1) is 11.3 Å². The molecule has 0 aliphatic rings. The number of aryl methyl sites for hydroxylation is 2. The van der Waals surface area contributed by atoms with Crippen molar-refractivity contribution in [2.75, 3.05) is 0 Å². The lowest BCUT2D eigenvalue weighted by Gasteiger charge is -2.13. The molecule has 3 rings (SSSR count). The molecule has 142 valence electrons. The van der Waals surface area contributed by atoms with Crippen LogP contribution in [0.3, 0.4) is 0 Å². The molecular formula is C19H19Cl2N3O2S. The molecule has 3 aromatic rings. The zero-order valence-electron chi connectivity index (χ0n) is 15.0. The van der Waals surface area contributed by atoms with E-state index in [9.17, 15) is 9.59 Å². The van der Waals surface area contributed by atoms with Gasteiger partial charge in [0.1, 0.15) is 10.7 Å². The number of hydrogen-bond donors (Lipinski definition) is 1. The summed E-state index contributed by atoms with van der Waals surface area (Å²) in [7, 11) is 0. The minimum atomic E-state index is -0.387. The van der Waals surface area contributed by atoms with Crippen LogP contribution in [-0.2, 0) is 17.8 Å². The number of carbonyl (C=O) groups is 1. The normalized spacial score (nSPS) is 11.3. The molecule has 0 bridgehead atoms. The molecule has 1 amide bonds. The Morgan fingerprint density at radius 3 is 2.70 bits per heavy atom. The van der Waals surface area contributed by atoms with Gasteiger partial charge in [0.05, 0.1) is 5.39 Å². The molecule has 0 saturated carbocycles. The number of rotatable bonds is 6. The van der Waals surface area contributed by atoms with E-state index in [1.54, 1.807) is 16.7 Å². The maximum absolute atomic E-state index is 13.1. The van der Waals surface area contributed by atoms with Crippen molar-refractivity contribution in [1.82, 2.24) is 9.55 Å². The van der Waals surface area contributed by atoms with E-state index in [0.29, 0.717) is 40.6 Å². The average Bonchev–Trinajstić information content (AvgIpc) is 2.87. The Bertz CT molecular complexity index is 1090. The highest BCUT2D eigenvalue weighted by Gasteiger charge is 2.17. The van der Waals surface area contributed by atoms with Crippen molar-refractivity contribution in [1.29, 1.82) is 0 Å². The first kappa shape index (κ1) is 19.9. The van der Waals surface area contributed by atoms with E-state index < -0.39 is 0 Å². The van der Waals surface area contributed by atoms with Crippen LogP contribution in [0.1, 0.15) is 34.7 Å². The molecule has 8 heteroatoms. The van der Waals surface area contributed by atoms with Crippen molar-refractivity contribution in [2.45, 2.75) is 39.7 Å². The molecule has 0 atom stereocenters. The second kappa shape index (κ2) is 8.00. The lowest BCUT2D eigenvalue weighted by atomic mass is 10.1. The molecule has 0 unspecified atom stereocenters. The van der Waals surface area contributed by atoms with Gasteiger partial charge < -0.3 is 5.73 Å². The van der Waals surface area contributed by atoms with Gasteiger partial charge in [-0.1, -0.05) is 29.3 Å². The third-order valence-corrected chi connectivity index (χ3v) is 6.22. The third-order valence-electron chi connectivity index (χ3n) is 4.54. The molecule has 0 saturated heterocycles. The van der Waals surface area contributed by atoms with Crippen LogP contribution in [0, 0.1) is 13.8 Å². The number of carbonyl (C=O) groups excluding carboxylic acids is 1. The lowest BCUT2D eigenvalue weighted by Crippen LogP contribution is -2.26. The maximum atomic E-state index is 13.1. The molecule has 2 N–H and O–H groups in total. The summed E-state index contributed by atoms with van der Waals surface area (Å²) < 4.78 is 1.63. The Balaban J connectivity index is 2.10. The predicted molar refractivity (Wildman–Crippen MR) is 111 cm³/mol. The summed E-state index contributed by atoms with van der Waals surface area (Å²) >= 11 is 13.8. The number of amides is 1. The van der Waals surface area contributed by atoms with Crippen LogP contribution in [0.4, 0.5) is 0 Å². The van der Waals surface area contributed by atoms with E-state index in [1.807, 2.05) is 19.9 Å².